The van der Waals surface area contributed by atoms with Gasteiger partial charge in [0.05, 0.1) is 6.54 Å². The van der Waals surface area contributed by atoms with Crippen molar-refractivity contribution in [2.75, 3.05) is 40.3 Å². The summed E-state index contributed by atoms with van der Waals surface area (Å²) in [5, 5.41) is 9.33. The van der Waals surface area contributed by atoms with Crippen molar-refractivity contribution in [1.29, 1.82) is 0 Å². The van der Waals surface area contributed by atoms with Crippen LogP contribution in [0.25, 0.3) is 0 Å². The molecule has 1 fully saturated rings. The van der Waals surface area contributed by atoms with E-state index in [-0.39, 0.29) is 24.3 Å². The Morgan fingerprint density at radius 3 is 2.61 bits per heavy atom. The predicted octanol–water partition coefficient (Wildman–Crippen LogP) is 0.735. The molecule has 1 saturated carbocycles. The summed E-state index contributed by atoms with van der Waals surface area (Å²) in [4.78, 5) is 29.3. The fourth-order valence-corrected chi connectivity index (χ4v) is 2.38. The maximum absolute atomic E-state index is 11.6. The van der Waals surface area contributed by atoms with Gasteiger partial charge in [-0.3, -0.25) is 9.59 Å². The third-order valence-electron chi connectivity index (χ3n) is 4.19. The van der Waals surface area contributed by atoms with Crippen LogP contribution in [-0.4, -0.2) is 63.0 Å². The lowest BCUT2D eigenvalue weighted by molar-refractivity contribution is -0.130. The first-order valence-corrected chi connectivity index (χ1v) is 9.71. The number of amides is 2. The maximum atomic E-state index is 11.6. The number of carbonyl (C=O) groups is 2. The fraction of sp³-hybridized carbons (Fsp3) is 0.550. The zero-order chi connectivity index (χ0) is 20.4. The number of aliphatic imine (C=N–C) groups is 1. The van der Waals surface area contributed by atoms with E-state index in [0.29, 0.717) is 31.3 Å². The Bertz CT molecular complexity index is 686. The molecule has 0 unspecified atom stereocenters. The number of carbonyl (C=O) groups excluding carboxylic acids is 2. The van der Waals surface area contributed by atoms with Gasteiger partial charge in [-0.25, -0.2) is 4.99 Å². The van der Waals surface area contributed by atoms with Gasteiger partial charge in [0, 0.05) is 39.6 Å². The molecular formula is C20H31N5O3. The maximum Gasteiger partial charge on any atom is 0.259 e. The smallest absolute Gasteiger partial charge is 0.259 e. The number of likely N-dealkylation sites (N-methyl/N-ethyl adjacent to an activating group) is 1. The second kappa shape index (κ2) is 11.2. The number of ether oxygens (including phenoxy) is 1. The Morgan fingerprint density at radius 1 is 1.18 bits per heavy atom. The highest BCUT2D eigenvalue weighted by Gasteiger charge is 2.28. The monoisotopic (exact) mass is 389 g/mol. The Labute approximate surface area is 166 Å². The molecule has 0 saturated heterocycles. The largest absolute Gasteiger partial charge is 0.484 e. The molecule has 0 aromatic heterocycles. The predicted molar refractivity (Wildman–Crippen MR) is 109 cm³/mol. The van der Waals surface area contributed by atoms with Gasteiger partial charge in [-0.1, -0.05) is 12.1 Å². The van der Waals surface area contributed by atoms with Crippen molar-refractivity contribution in [3.63, 3.8) is 0 Å². The molecule has 1 aromatic rings. The first-order chi connectivity index (χ1) is 13.5. The molecule has 3 N–H and O–H groups in total. The van der Waals surface area contributed by atoms with Crippen LogP contribution in [0.5, 0.6) is 5.75 Å². The van der Waals surface area contributed by atoms with Gasteiger partial charge in [-0.05, 0) is 37.5 Å². The average Bonchev–Trinajstić information content (AvgIpc) is 3.52. The summed E-state index contributed by atoms with van der Waals surface area (Å²) < 4.78 is 5.54. The molecule has 1 aliphatic carbocycles. The van der Waals surface area contributed by atoms with Crippen molar-refractivity contribution in [2.24, 2.45) is 10.9 Å². The summed E-state index contributed by atoms with van der Waals surface area (Å²) in [6.07, 6.45) is 2.02. The van der Waals surface area contributed by atoms with Crippen LogP contribution in [0.2, 0.25) is 0 Å². The molecule has 0 heterocycles. The molecule has 2 amide bonds. The lowest BCUT2D eigenvalue weighted by Crippen LogP contribution is -2.41. The van der Waals surface area contributed by atoms with Gasteiger partial charge < -0.3 is 25.6 Å². The van der Waals surface area contributed by atoms with E-state index in [0.717, 1.165) is 24.9 Å². The third kappa shape index (κ3) is 7.85. The molecule has 0 aliphatic heterocycles. The van der Waals surface area contributed by atoms with Crippen LogP contribution in [0, 0.1) is 5.92 Å². The molecule has 0 spiro atoms. The number of rotatable bonds is 10. The first kappa shape index (κ1) is 21.5. The lowest BCUT2D eigenvalue weighted by Gasteiger charge is -2.13. The number of benzene rings is 1. The summed E-state index contributed by atoms with van der Waals surface area (Å²) in [7, 11) is 3.40. The molecule has 154 valence electrons. The second-order valence-electron chi connectivity index (χ2n) is 6.91. The Kier molecular flexibility index (Phi) is 8.58. The number of nitrogens with zero attached hydrogens (tertiary/aromatic N) is 2. The van der Waals surface area contributed by atoms with E-state index < -0.39 is 0 Å². The van der Waals surface area contributed by atoms with Crippen molar-refractivity contribution in [1.82, 2.24) is 20.9 Å². The highest BCUT2D eigenvalue weighted by Crippen LogP contribution is 2.28. The van der Waals surface area contributed by atoms with E-state index in [1.165, 1.54) is 4.90 Å². The normalized spacial score (nSPS) is 13.6. The lowest BCUT2D eigenvalue weighted by atomic mass is 10.2. The van der Waals surface area contributed by atoms with Gasteiger partial charge in [0.25, 0.3) is 5.91 Å². The minimum Gasteiger partial charge on any atom is -0.484 e. The summed E-state index contributed by atoms with van der Waals surface area (Å²) >= 11 is 0. The first-order valence-electron chi connectivity index (χ1n) is 9.71. The van der Waals surface area contributed by atoms with Crippen LogP contribution in [0.3, 0.4) is 0 Å². The molecule has 1 aliphatic rings. The second-order valence-corrected chi connectivity index (χ2v) is 6.91. The molecule has 8 heteroatoms. The summed E-state index contributed by atoms with van der Waals surface area (Å²) in [6, 6.07) is 7.55. The standard InChI is InChI=1S/C20H31N5O3/c1-4-21-20(23-11-10-22-19(27)16-8-9-16)24-13-15-6-5-7-17(12-15)28-14-18(26)25(2)3/h5-7,12,16H,4,8-11,13-14H2,1-3H3,(H,22,27)(H2,21,23,24). The van der Waals surface area contributed by atoms with Gasteiger partial charge >= 0.3 is 0 Å². The van der Waals surface area contributed by atoms with Crippen LogP contribution >= 0.6 is 0 Å². The zero-order valence-electron chi connectivity index (χ0n) is 17.0. The molecule has 8 nitrogen and oxygen atoms in total. The highest BCUT2D eigenvalue weighted by atomic mass is 16.5. The van der Waals surface area contributed by atoms with Crippen LogP contribution < -0.4 is 20.7 Å². The molecular weight excluding hydrogens is 358 g/mol. The van der Waals surface area contributed by atoms with Crippen molar-refractivity contribution < 1.29 is 14.3 Å². The average molecular weight is 390 g/mol. The Balaban J connectivity index is 1.80. The van der Waals surface area contributed by atoms with E-state index >= 15 is 0 Å². The van der Waals surface area contributed by atoms with Crippen LogP contribution in [-0.2, 0) is 16.1 Å². The van der Waals surface area contributed by atoms with Crippen molar-refractivity contribution in [3.05, 3.63) is 29.8 Å². The van der Waals surface area contributed by atoms with Crippen LogP contribution in [0.1, 0.15) is 25.3 Å². The fourth-order valence-electron chi connectivity index (χ4n) is 2.38. The SMILES string of the molecule is CCNC(=NCc1cccc(OCC(=O)N(C)C)c1)NCCNC(=O)C1CC1. The van der Waals surface area contributed by atoms with Crippen molar-refractivity contribution in [2.45, 2.75) is 26.3 Å². The molecule has 28 heavy (non-hydrogen) atoms. The van der Waals surface area contributed by atoms with E-state index in [1.807, 2.05) is 31.2 Å². The highest BCUT2D eigenvalue weighted by molar-refractivity contribution is 5.81. The summed E-state index contributed by atoms with van der Waals surface area (Å²) in [5.41, 5.74) is 0.981. The number of hydrogen-bond donors (Lipinski definition) is 3. The number of nitrogens with one attached hydrogen (secondary N) is 3. The van der Waals surface area contributed by atoms with Gasteiger partial charge in [0.1, 0.15) is 5.75 Å². The summed E-state index contributed by atoms with van der Waals surface area (Å²) in [6.45, 7) is 4.42. The van der Waals surface area contributed by atoms with Crippen molar-refractivity contribution in [3.8, 4) is 5.75 Å². The topological polar surface area (TPSA) is 95.1 Å². The van der Waals surface area contributed by atoms with E-state index in [9.17, 15) is 9.59 Å². The molecule has 0 radical (unpaired) electrons. The number of hydrogen-bond acceptors (Lipinski definition) is 4. The Hall–Kier alpha value is -2.77. The van der Waals surface area contributed by atoms with Gasteiger partial charge in [0.15, 0.2) is 12.6 Å². The van der Waals surface area contributed by atoms with Gasteiger partial charge in [0.2, 0.25) is 5.91 Å². The minimum absolute atomic E-state index is 0.0104. The quantitative estimate of drug-likeness (QED) is 0.312. The van der Waals surface area contributed by atoms with Crippen molar-refractivity contribution >= 4 is 17.8 Å². The van der Waals surface area contributed by atoms with Crippen LogP contribution in [0.4, 0.5) is 0 Å². The van der Waals surface area contributed by atoms with Crippen LogP contribution in [0.15, 0.2) is 29.3 Å². The van der Waals surface area contributed by atoms with E-state index in [1.54, 1.807) is 14.1 Å². The van der Waals surface area contributed by atoms with Gasteiger partial charge in [-0.2, -0.15) is 0 Å². The third-order valence-corrected chi connectivity index (χ3v) is 4.19. The zero-order valence-corrected chi connectivity index (χ0v) is 17.0. The molecule has 0 bridgehead atoms. The van der Waals surface area contributed by atoms with E-state index in [4.69, 9.17) is 4.74 Å². The van der Waals surface area contributed by atoms with Gasteiger partial charge in [-0.15, -0.1) is 0 Å². The van der Waals surface area contributed by atoms with E-state index in [2.05, 4.69) is 20.9 Å². The molecule has 0 atom stereocenters. The Morgan fingerprint density at radius 2 is 1.93 bits per heavy atom. The molecule has 2 rings (SSSR count). The number of guanidine groups is 1. The molecule has 1 aromatic carbocycles. The summed E-state index contributed by atoms with van der Waals surface area (Å²) in [5.74, 6) is 1.62. The minimum atomic E-state index is -0.0872.